The standard InChI is InChI=1S/C12H14BrFN2O4/c13-8-5-11(16(18)19)10(6-9(8)14)15-7-12(17)1-3-20-4-2-12/h5-6,15,17H,1-4,7H2. The van der Waals surface area contributed by atoms with Crippen LogP contribution in [0.15, 0.2) is 16.6 Å². The quantitative estimate of drug-likeness (QED) is 0.644. The molecule has 8 heteroatoms. The zero-order valence-electron chi connectivity index (χ0n) is 10.6. The first kappa shape index (κ1) is 15.1. The van der Waals surface area contributed by atoms with Gasteiger partial charge in [-0.1, -0.05) is 0 Å². The van der Waals surface area contributed by atoms with E-state index in [0.717, 1.165) is 12.1 Å². The molecule has 0 aliphatic carbocycles. The molecule has 6 nitrogen and oxygen atoms in total. The van der Waals surface area contributed by atoms with Crippen molar-refractivity contribution in [2.45, 2.75) is 18.4 Å². The molecule has 0 atom stereocenters. The molecule has 2 N–H and O–H groups in total. The number of anilines is 1. The highest BCUT2D eigenvalue weighted by molar-refractivity contribution is 9.10. The summed E-state index contributed by atoms with van der Waals surface area (Å²) >= 11 is 2.91. The molecule has 0 radical (unpaired) electrons. The first-order chi connectivity index (χ1) is 9.41. The number of nitro groups is 1. The van der Waals surface area contributed by atoms with Gasteiger partial charge in [0.15, 0.2) is 0 Å². The summed E-state index contributed by atoms with van der Waals surface area (Å²) in [4.78, 5) is 10.4. The van der Waals surface area contributed by atoms with Gasteiger partial charge in [-0.15, -0.1) is 0 Å². The average Bonchev–Trinajstić information content (AvgIpc) is 2.40. The molecule has 2 rings (SSSR count). The third kappa shape index (κ3) is 3.44. The Hall–Kier alpha value is -1.25. The van der Waals surface area contributed by atoms with Gasteiger partial charge in [0, 0.05) is 44.7 Å². The Bertz CT molecular complexity index is 520. The second-order valence-electron chi connectivity index (χ2n) is 4.73. The van der Waals surface area contributed by atoms with Crippen LogP contribution in [0.4, 0.5) is 15.8 Å². The molecule has 0 unspecified atom stereocenters. The second kappa shape index (κ2) is 6.02. The highest BCUT2D eigenvalue weighted by atomic mass is 79.9. The number of aliphatic hydroxyl groups is 1. The van der Waals surface area contributed by atoms with Gasteiger partial charge in [-0.05, 0) is 15.9 Å². The number of nitro benzene ring substituents is 1. The van der Waals surface area contributed by atoms with Gasteiger partial charge in [0.1, 0.15) is 11.5 Å². The molecule has 1 saturated heterocycles. The van der Waals surface area contributed by atoms with Gasteiger partial charge >= 0.3 is 0 Å². The fourth-order valence-electron chi connectivity index (χ4n) is 2.02. The maximum absolute atomic E-state index is 13.5. The lowest BCUT2D eigenvalue weighted by molar-refractivity contribution is -0.384. The van der Waals surface area contributed by atoms with E-state index in [1.54, 1.807) is 0 Å². The Morgan fingerprint density at radius 2 is 2.15 bits per heavy atom. The molecule has 0 bridgehead atoms. The Labute approximate surface area is 123 Å². The number of rotatable bonds is 4. The summed E-state index contributed by atoms with van der Waals surface area (Å²) in [6.45, 7) is 0.988. The maximum Gasteiger partial charge on any atom is 0.293 e. The van der Waals surface area contributed by atoms with Crippen molar-refractivity contribution in [2.24, 2.45) is 0 Å². The van der Waals surface area contributed by atoms with Crippen LogP contribution < -0.4 is 5.32 Å². The molecule has 0 amide bonds. The maximum atomic E-state index is 13.5. The van der Waals surface area contributed by atoms with Gasteiger partial charge in [0.2, 0.25) is 0 Å². The van der Waals surface area contributed by atoms with Crippen molar-refractivity contribution in [3.05, 3.63) is 32.5 Å². The van der Waals surface area contributed by atoms with E-state index in [0.29, 0.717) is 26.1 Å². The van der Waals surface area contributed by atoms with Crippen molar-refractivity contribution in [3.63, 3.8) is 0 Å². The Morgan fingerprint density at radius 3 is 2.75 bits per heavy atom. The third-order valence-electron chi connectivity index (χ3n) is 3.27. The predicted molar refractivity (Wildman–Crippen MR) is 74.2 cm³/mol. The highest BCUT2D eigenvalue weighted by Gasteiger charge is 2.30. The van der Waals surface area contributed by atoms with Crippen LogP contribution in [0.2, 0.25) is 0 Å². The Balaban J connectivity index is 2.16. The van der Waals surface area contributed by atoms with E-state index in [4.69, 9.17) is 4.74 Å². The number of ether oxygens (including phenoxy) is 1. The van der Waals surface area contributed by atoms with Crippen molar-refractivity contribution in [2.75, 3.05) is 25.1 Å². The summed E-state index contributed by atoms with van der Waals surface area (Å²) in [5.41, 5.74) is -1.18. The molecule has 1 aromatic rings. The molecule has 0 aromatic heterocycles. The minimum absolute atomic E-state index is 0.0273. The molecule has 1 heterocycles. The first-order valence-electron chi connectivity index (χ1n) is 6.09. The molecule has 0 saturated carbocycles. The van der Waals surface area contributed by atoms with Crippen molar-refractivity contribution >= 4 is 27.3 Å². The van der Waals surface area contributed by atoms with Gasteiger partial charge < -0.3 is 15.2 Å². The molecule has 0 spiro atoms. The molecule has 1 aromatic carbocycles. The number of hydrogen-bond acceptors (Lipinski definition) is 5. The normalized spacial score (nSPS) is 17.8. The van der Waals surface area contributed by atoms with Crippen LogP contribution in [-0.4, -0.2) is 35.4 Å². The topological polar surface area (TPSA) is 84.6 Å². The van der Waals surface area contributed by atoms with Crippen LogP contribution in [0.25, 0.3) is 0 Å². The van der Waals surface area contributed by atoms with Crippen molar-refractivity contribution in [1.82, 2.24) is 0 Å². The number of halogens is 2. The second-order valence-corrected chi connectivity index (χ2v) is 5.59. The van der Waals surface area contributed by atoms with Crippen LogP contribution in [-0.2, 0) is 4.74 Å². The largest absolute Gasteiger partial charge is 0.388 e. The highest BCUT2D eigenvalue weighted by Crippen LogP contribution is 2.31. The molecular formula is C12H14BrFN2O4. The lowest BCUT2D eigenvalue weighted by atomic mass is 9.94. The predicted octanol–water partition coefficient (Wildman–Crippen LogP) is 2.45. The third-order valence-corrected chi connectivity index (χ3v) is 3.87. The molecule has 20 heavy (non-hydrogen) atoms. The van der Waals surface area contributed by atoms with E-state index in [2.05, 4.69) is 21.2 Å². The smallest absolute Gasteiger partial charge is 0.293 e. The zero-order chi connectivity index (χ0) is 14.8. The molecule has 1 fully saturated rings. The summed E-state index contributed by atoms with van der Waals surface area (Å²) in [5, 5.41) is 24.0. The van der Waals surface area contributed by atoms with Crippen LogP contribution in [0, 0.1) is 15.9 Å². The van der Waals surface area contributed by atoms with Crippen LogP contribution in [0.5, 0.6) is 0 Å². The summed E-state index contributed by atoms with van der Waals surface area (Å²) < 4.78 is 18.7. The van der Waals surface area contributed by atoms with Gasteiger partial charge in [-0.2, -0.15) is 0 Å². The molecular weight excluding hydrogens is 335 g/mol. The number of hydrogen-bond donors (Lipinski definition) is 2. The van der Waals surface area contributed by atoms with Crippen LogP contribution in [0.1, 0.15) is 12.8 Å². The van der Waals surface area contributed by atoms with Crippen molar-refractivity contribution < 1.29 is 19.2 Å². The van der Waals surface area contributed by atoms with Gasteiger partial charge in [-0.25, -0.2) is 4.39 Å². The van der Waals surface area contributed by atoms with E-state index in [-0.39, 0.29) is 22.4 Å². The van der Waals surface area contributed by atoms with Crippen molar-refractivity contribution in [3.8, 4) is 0 Å². The number of nitrogens with zero attached hydrogens (tertiary/aromatic N) is 1. The van der Waals surface area contributed by atoms with E-state index >= 15 is 0 Å². The van der Waals surface area contributed by atoms with Crippen LogP contribution in [0.3, 0.4) is 0 Å². The molecule has 110 valence electrons. The monoisotopic (exact) mass is 348 g/mol. The van der Waals surface area contributed by atoms with E-state index < -0.39 is 16.3 Å². The summed E-state index contributed by atoms with van der Waals surface area (Å²) in [6.07, 6.45) is 0.875. The summed E-state index contributed by atoms with van der Waals surface area (Å²) in [6, 6.07) is 2.15. The SMILES string of the molecule is O=[N+]([O-])c1cc(Br)c(F)cc1NCC1(O)CCOCC1. The van der Waals surface area contributed by atoms with E-state index in [9.17, 15) is 19.6 Å². The average molecular weight is 349 g/mol. The zero-order valence-corrected chi connectivity index (χ0v) is 12.2. The summed E-state index contributed by atoms with van der Waals surface area (Å²) in [5.74, 6) is -0.600. The lowest BCUT2D eigenvalue weighted by Crippen LogP contribution is -2.42. The Morgan fingerprint density at radius 1 is 1.50 bits per heavy atom. The van der Waals surface area contributed by atoms with Crippen molar-refractivity contribution in [1.29, 1.82) is 0 Å². The van der Waals surface area contributed by atoms with Gasteiger partial charge in [0.05, 0.1) is 15.0 Å². The fourth-order valence-corrected chi connectivity index (χ4v) is 2.35. The van der Waals surface area contributed by atoms with E-state index in [1.807, 2.05) is 0 Å². The molecule has 1 aliphatic rings. The Kier molecular flexibility index (Phi) is 4.56. The fraction of sp³-hybridized carbons (Fsp3) is 0.500. The van der Waals surface area contributed by atoms with Crippen LogP contribution >= 0.6 is 15.9 Å². The van der Waals surface area contributed by atoms with Gasteiger partial charge in [-0.3, -0.25) is 10.1 Å². The number of benzene rings is 1. The first-order valence-corrected chi connectivity index (χ1v) is 6.88. The summed E-state index contributed by atoms with van der Waals surface area (Å²) in [7, 11) is 0. The van der Waals surface area contributed by atoms with E-state index in [1.165, 1.54) is 0 Å². The minimum Gasteiger partial charge on any atom is -0.388 e. The lowest BCUT2D eigenvalue weighted by Gasteiger charge is -2.32. The molecule has 1 aliphatic heterocycles. The van der Waals surface area contributed by atoms with Gasteiger partial charge in [0.25, 0.3) is 5.69 Å². The number of nitrogens with one attached hydrogen (secondary N) is 1. The minimum atomic E-state index is -0.990.